The summed E-state index contributed by atoms with van der Waals surface area (Å²) in [6.45, 7) is 5.76. The Bertz CT molecular complexity index is 1700. The van der Waals surface area contributed by atoms with Gasteiger partial charge >= 0.3 is 5.97 Å². The molecule has 3 aliphatic rings. The van der Waals surface area contributed by atoms with E-state index in [1.807, 2.05) is 43.3 Å². The van der Waals surface area contributed by atoms with Gasteiger partial charge in [0.15, 0.2) is 12.2 Å². The summed E-state index contributed by atoms with van der Waals surface area (Å²) in [5.41, 5.74) is 1.03. The van der Waals surface area contributed by atoms with Crippen LogP contribution >= 0.6 is 0 Å². The number of benzene rings is 2. The number of ether oxygens (including phenoxy) is 3. The fraction of sp³-hybridized carbons (Fsp3) is 0.500. The summed E-state index contributed by atoms with van der Waals surface area (Å²) in [7, 11) is -2.07. The van der Waals surface area contributed by atoms with Crippen molar-refractivity contribution in [2.75, 3.05) is 36.7 Å². The molecule has 0 unspecified atom stereocenters. The number of halogens is 1. The fourth-order valence-electron chi connectivity index (χ4n) is 7.63. The van der Waals surface area contributed by atoms with Gasteiger partial charge in [-0.3, -0.25) is 24.0 Å². The maximum Gasteiger partial charge on any atom is 0.305 e. The highest BCUT2D eigenvalue weighted by Crippen LogP contribution is 2.61. The highest BCUT2D eigenvalue weighted by atomic mass is 28.4. The van der Waals surface area contributed by atoms with Gasteiger partial charge in [0.2, 0.25) is 8.41 Å². The van der Waals surface area contributed by atoms with Crippen molar-refractivity contribution in [1.82, 2.24) is 15.0 Å². The van der Waals surface area contributed by atoms with Crippen LogP contribution in [0.2, 0.25) is 18.6 Å². The molecule has 6 rings (SSSR count). The van der Waals surface area contributed by atoms with Crippen molar-refractivity contribution in [3.63, 3.8) is 0 Å². The smallest absolute Gasteiger partial charge is 0.305 e. The molecule has 1 saturated heterocycles. The third-order valence-electron chi connectivity index (χ3n) is 9.75. The Morgan fingerprint density at radius 3 is 2.69 bits per heavy atom. The zero-order valence-electron chi connectivity index (χ0n) is 27.7. The molecule has 4 atom stereocenters. The number of anilines is 3. The number of aliphatic hydroxyl groups is 1. The molecule has 1 aromatic heterocycles. The molecular formula is C34H42FN5O7Si. The van der Waals surface area contributed by atoms with E-state index in [1.165, 1.54) is 7.11 Å². The van der Waals surface area contributed by atoms with Crippen LogP contribution in [-0.4, -0.2) is 79.3 Å². The molecule has 4 heterocycles. The molecule has 0 saturated carbocycles. The van der Waals surface area contributed by atoms with Gasteiger partial charge in [-0.25, -0.2) is 0 Å². The van der Waals surface area contributed by atoms with E-state index in [-0.39, 0.29) is 37.4 Å². The molecule has 2 amide bonds. The Hall–Kier alpha value is -4.14. The van der Waals surface area contributed by atoms with Gasteiger partial charge in [-0.1, -0.05) is 24.3 Å². The summed E-state index contributed by atoms with van der Waals surface area (Å²) in [5.74, 6) is -0.797. The Morgan fingerprint density at radius 1 is 1.15 bits per heavy atom. The first-order chi connectivity index (χ1) is 23.0. The Balaban J connectivity index is 1.39. The number of fused-ring (bicyclic) bond motifs is 3. The third-order valence-corrected chi connectivity index (χ3v) is 12.2. The molecule has 1 fully saturated rings. The van der Waals surface area contributed by atoms with Crippen molar-refractivity contribution >= 4 is 43.3 Å². The number of methoxy groups -OCH3 is 1. The van der Waals surface area contributed by atoms with Crippen molar-refractivity contribution in [2.45, 2.75) is 75.9 Å². The number of esters is 1. The van der Waals surface area contributed by atoms with Crippen molar-refractivity contribution in [1.29, 1.82) is 0 Å². The van der Waals surface area contributed by atoms with Crippen molar-refractivity contribution < 1.29 is 37.8 Å². The maximum absolute atomic E-state index is 16.4. The van der Waals surface area contributed by atoms with Crippen LogP contribution in [0.15, 0.2) is 48.7 Å². The van der Waals surface area contributed by atoms with Gasteiger partial charge < -0.3 is 28.3 Å². The first kappa shape index (κ1) is 33.7. The topological polar surface area (TPSA) is 136 Å². The number of hydrogen-bond acceptors (Lipinski definition) is 9. The second-order valence-corrected chi connectivity index (χ2v) is 17.0. The number of nitrogens with zero attached hydrogens (tertiary/aromatic N) is 5. The van der Waals surface area contributed by atoms with E-state index >= 15 is 4.11 Å². The number of para-hydroxylation sites is 2. The van der Waals surface area contributed by atoms with Gasteiger partial charge in [0.25, 0.3) is 11.8 Å². The molecule has 1 N–H and O–H groups in total. The average molecular weight is 680 g/mol. The minimum atomic E-state index is -3.42. The summed E-state index contributed by atoms with van der Waals surface area (Å²) < 4.78 is 35.4. The molecule has 14 heteroatoms. The van der Waals surface area contributed by atoms with Gasteiger partial charge in [-0.15, -0.1) is 5.10 Å². The lowest BCUT2D eigenvalue weighted by Gasteiger charge is -2.32. The SMILES string of the molecule is COC(=O)CCCCN1C(=O)[C@@]2(O[C@@H](CCn3cc(CCO)nn3)[C@H]([Si](C)(C)F)[C@H]2C)c2cc(N3C(=O)COc4ccccc43)ccc21. The lowest BCUT2D eigenvalue weighted by Crippen LogP contribution is -2.45. The van der Waals surface area contributed by atoms with E-state index in [0.717, 1.165) is 0 Å². The fourth-order valence-corrected chi connectivity index (χ4v) is 10.2. The second kappa shape index (κ2) is 13.4. The number of amides is 2. The van der Waals surface area contributed by atoms with Gasteiger partial charge in [-0.05, 0) is 62.7 Å². The minimum Gasteiger partial charge on any atom is -0.482 e. The van der Waals surface area contributed by atoms with E-state index in [2.05, 4.69) is 10.3 Å². The number of aryl methyl sites for hydroxylation is 1. The Morgan fingerprint density at radius 2 is 1.94 bits per heavy atom. The summed E-state index contributed by atoms with van der Waals surface area (Å²) >= 11 is 0. The zero-order chi connectivity index (χ0) is 34.2. The van der Waals surface area contributed by atoms with Gasteiger partial charge in [0.1, 0.15) is 5.75 Å². The predicted octanol–water partition coefficient (Wildman–Crippen LogP) is 4.43. The van der Waals surface area contributed by atoms with Crippen molar-refractivity contribution in [3.8, 4) is 5.75 Å². The largest absolute Gasteiger partial charge is 0.482 e. The van der Waals surface area contributed by atoms with Crippen LogP contribution in [0, 0.1) is 5.92 Å². The maximum atomic E-state index is 16.4. The highest BCUT2D eigenvalue weighted by molar-refractivity contribution is 6.72. The molecule has 1 spiro atoms. The van der Waals surface area contributed by atoms with Crippen molar-refractivity contribution in [2.24, 2.45) is 5.92 Å². The predicted molar refractivity (Wildman–Crippen MR) is 177 cm³/mol. The van der Waals surface area contributed by atoms with Gasteiger partial charge in [0, 0.05) is 61.4 Å². The number of hydrogen-bond donors (Lipinski definition) is 1. The third kappa shape index (κ3) is 6.01. The molecule has 3 aromatic rings. The first-order valence-electron chi connectivity index (χ1n) is 16.4. The number of carbonyl (C=O) groups is 3. The van der Waals surface area contributed by atoms with Crippen molar-refractivity contribution in [3.05, 3.63) is 59.9 Å². The van der Waals surface area contributed by atoms with E-state index in [9.17, 15) is 19.5 Å². The zero-order valence-corrected chi connectivity index (χ0v) is 28.7. The summed E-state index contributed by atoms with van der Waals surface area (Å²) in [5, 5.41) is 17.5. The second-order valence-electron chi connectivity index (χ2n) is 13.2. The number of unbranched alkanes of at least 4 members (excludes halogenated alkanes) is 1. The monoisotopic (exact) mass is 679 g/mol. The van der Waals surface area contributed by atoms with Crippen LogP contribution in [0.5, 0.6) is 5.75 Å². The minimum absolute atomic E-state index is 0.0431. The molecule has 256 valence electrons. The summed E-state index contributed by atoms with van der Waals surface area (Å²) in [4.78, 5) is 43.1. The number of aromatic nitrogens is 3. The van der Waals surface area contributed by atoms with Crippen LogP contribution in [0.1, 0.15) is 43.9 Å². The first-order valence-corrected chi connectivity index (χ1v) is 19.4. The number of aliphatic hydroxyl groups excluding tert-OH is 1. The molecule has 0 aliphatic carbocycles. The molecule has 12 nitrogen and oxygen atoms in total. The van der Waals surface area contributed by atoms with Crippen LogP contribution in [0.3, 0.4) is 0 Å². The van der Waals surface area contributed by atoms with E-state index in [0.29, 0.717) is 72.8 Å². The lowest BCUT2D eigenvalue weighted by molar-refractivity contribution is -0.146. The van der Waals surface area contributed by atoms with Crippen LogP contribution in [0.4, 0.5) is 21.2 Å². The average Bonchev–Trinajstić information content (AvgIpc) is 3.71. The van der Waals surface area contributed by atoms with Crippen LogP contribution < -0.4 is 14.5 Å². The van der Waals surface area contributed by atoms with Gasteiger partial charge in [0.05, 0.1) is 30.3 Å². The Labute approximate surface area is 279 Å². The van der Waals surface area contributed by atoms with Crippen LogP contribution in [0.25, 0.3) is 0 Å². The van der Waals surface area contributed by atoms with E-state index < -0.39 is 31.6 Å². The summed E-state index contributed by atoms with van der Waals surface area (Å²) in [6, 6.07) is 12.8. The number of rotatable bonds is 12. The van der Waals surface area contributed by atoms with E-state index in [1.54, 1.807) is 39.8 Å². The molecular weight excluding hydrogens is 637 g/mol. The molecule has 3 aliphatic heterocycles. The molecule has 0 bridgehead atoms. The molecule has 48 heavy (non-hydrogen) atoms. The van der Waals surface area contributed by atoms with Crippen LogP contribution in [-0.2, 0) is 42.4 Å². The summed E-state index contributed by atoms with van der Waals surface area (Å²) in [6.07, 6.45) is 3.24. The van der Waals surface area contributed by atoms with E-state index in [4.69, 9.17) is 14.2 Å². The normalized spacial score (nSPS) is 23.4. The standard InChI is InChI=1S/C34H42FN5O7Si/c1-22-32(48(3,4)35)29(14-17-38-20-23(15-18-41)36-37-38)47-34(22)25-19-24(40-27-9-5-6-10-28(27)46-21-30(40)42)12-13-26(25)39(33(34)44)16-8-7-11-31(43)45-2/h5-6,9-10,12-13,19-20,22,29,32,41H,7-8,11,14-18,21H2,1-4H3/t22-,29+,32-,34+/m1/s1. The molecule has 0 radical (unpaired) electrons. The highest BCUT2D eigenvalue weighted by Gasteiger charge is 2.66. The van der Waals surface area contributed by atoms with Gasteiger partial charge in [-0.2, -0.15) is 0 Å². The quantitative estimate of drug-likeness (QED) is 0.128. The number of carbonyl (C=O) groups excluding carboxylic acids is 3. The molecule has 2 aromatic carbocycles. The Kier molecular flexibility index (Phi) is 9.42. The lowest BCUT2D eigenvalue weighted by atomic mass is 9.82.